The van der Waals surface area contributed by atoms with Crippen molar-refractivity contribution in [3.63, 3.8) is 0 Å². The van der Waals surface area contributed by atoms with Crippen LogP contribution in [-0.2, 0) is 9.59 Å². The van der Waals surface area contributed by atoms with Crippen molar-refractivity contribution in [2.45, 2.75) is 25.7 Å². The second-order valence-electron chi connectivity index (χ2n) is 7.20. The van der Waals surface area contributed by atoms with Crippen molar-refractivity contribution >= 4 is 69.2 Å². The van der Waals surface area contributed by atoms with E-state index in [4.69, 9.17) is 23.8 Å². The molecule has 1 fully saturated rings. The highest BCUT2D eigenvalue weighted by molar-refractivity contribution is 8.26. The van der Waals surface area contributed by atoms with E-state index in [-0.39, 0.29) is 35.4 Å². The second-order valence-corrected chi connectivity index (χ2v) is 9.31. The number of hydrogen-bond acceptors (Lipinski definition) is 7. The minimum Gasteiger partial charge on any atom is -0.506 e. The molecule has 33 heavy (non-hydrogen) atoms. The SMILES string of the molecule is O=C(CCCCCN1C(=O)/C(=C/c2ccc(Cl)cc2)SC1=S)Nc1cc([N+](=O)[O-])ccc1O. The first-order valence-corrected chi connectivity index (χ1v) is 11.6. The van der Waals surface area contributed by atoms with Crippen LogP contribution < -0.4 is 5.32 Å². The molecule has 1 heterocycles. The lowest BCUT2D eigenvalue weighted by atomic mass is 10.1. The van der Waals surface area contributed by atoms with Crippen LogP contribution in [0.15, 0.2) is 47.4 Å². The molecule has 0 radical (unpaired) electrons. The lowest BCUT2D eigenvalue weighted by Gasteiger charge is -2.14. The number of thioether (sulfide) groups is 1. The molecule has 172 valence electrons. The van der Waals surface area contributed by atoms with E-state index in [0.29, 0.717) is 40.1 Å². The van der Waals surface area contributed by atoms with E-state index >= 15 is 0 Å². The number of carbonyl (C=O) groups is 2. The summed E-state index contributed by atoms with van der Waals surface area (Å²) in [6, 6.07) is 10.6. The summed E-state index contributed by atoms with van der Waals surface area (Å²) in [7, 11) is 0. The molecule has 1 aliphatic heterocycles. The Bertz CT molecular complexity index is 1120. The first-order valence-electron chi connectivity index (χ1n) is 10.0. The summed E-state index contributed by atoms with van der Waals surface area (Å²) < 4.78 is 0.499. The van der Waals surface area contributed by atoms with Crippen molar-refractivity contribution in [1.29, 1.82) is 0 Å². The molecule has 0 unspecified atom stereocenters. The number of carbonyl (C=O) groups excluding carboxylic acids is 2. The van der Waals surface area contributed by atoms with E-state index in [1.807, 2.05) is 12.1 Å². The molecule has 0 bridgehead atoms. The first kappa shape index (κ1) is 24.7. The summed E-state index contributed by atoms with van der Waals surface area (Å²) in [4.78, 5) is 37.1. The number of anilines is 1. The number of nitrogens with one attached hydrogen (secondary N) is 1. The van der Waals surface area contributed by atoms with Crippen LogP contribution in [0, 0.1) is 10.1 Å². The largest absolute Gasteiger partial charge is 0.506 e. The Labute approximate surface area is 204 Å². The quantitative estimate of drug-likeness (QED) is 0.118. The van der Waals surface area contributed by atoms with Gasteiger partial charge in [0.15, 0.2) is 0 Å². The predicted molar refractivity (Wildman–Crippen MR) is 133 cm³/mol. The molecule has 1 saturated heterocycles. The number of nitro groups is 1. The topological polar surface area (TPSA) is 113 Å². The Balaban J connectivity index is 1.43. The van der Waals surface area contributed by atoms with Crippen LogP contribution >= 0.6 is 35.6 Å². The van der Waals surface area contributed by atoms with Gasteiger partial charge in [-0.25, -0.2) is 0 Å². The maximum Gasteiger partial charge on any atom is 0.271 e. The Morgan fingerprint density at radius 3 is 2.64 bits per heavy atom. The Morgan fingerprint density at radius 1 is 1.21 bits per heavy atom. The average molecular weight is 506 g/mol. The maximum absolute atomic E-state index is 12.7. The van der Waals surface area contributed by atoms with Gasteiger partial charge >= 0.3 is 0 Å². The fourth-order valence-corrected chi connectivity index (χ4v) is 4.52. The molecule has 2 N–H and O–H groups in total. The van der Waals surface area contributed by atoms with Gasteiger partial charge < -0.3 is 10.4 Å². The van der Waals surface area contributed by atoms with Gasteiger partial charge in [0, 0.05) is 30.1 Å². The van der Waals surface area contributed by atoms with Crippen molar-refractivity contribution in [1.82, 2.24) is 4.90 Å². The Kier molecular flexibility index (Phi) is 8.43. The summed E-state index contributed by atoms with van der Waals surface area (Å²) in [6.45, 7) is 0.454. The number of hydrogen-bond donors (Lipinski definition) is 2. The van der Waals surface area contributed by atoms with Crippen molar-refractivity contribution in [2.75, 3.05) is 11.9 Å². The van der Waals surface area contributed by atoms with Crippen LogP contribution in [0.25, 0.3) is 6.08 Å². The number of amides is 2. The van der Waals surface area contributed by atoms with Gasteiger partial charge in [0.25, 0.3) is 11.6 Å². The molecule has 2 aromatic rings. The number of rotatable bonds is 9. The van der Waals surface area contributed by atoms with Crippen molar-refractivity contribution in [3.8, 4) is 5.75 Å². The lowest BCUT2D eigenvalue weighted by Crippen LogP contribution is -2.29. The molecule has 2 amide bonds. The van der Waals surface area contributed by atoms with Crippen LogP contribution in [0.3, 0.4) is 0 Å². The lowest BCUT2D eigenvalue weighted by molar-refractivity contribution is -0.384. The van der Waals surface area contributed by atoms with E-state index in [0.717, 1.165) is 23.8 Å². The van der Waals surface area contributed by atoms with Gasteiger partial charge in [-0.2, -0.15) is 0 Å². The third-order valence-electron chi connectivity index (χ3n) is 4.79. The van der Waals surface area contributed by atoms with E-state index in [9.17, 15) is 24.8 Å². The average Bonchev–Trinajstić information content (AvgIpc) is 3.03. The van der Waals surface area contributed by atoms with E-state index < -0.39 is 4.92 Å². The van der Waals surface area contributed by atoms with Crippen LogP contribution in [0.1, 0.15) is 31.2 Å². The van der Waals surface area contributed by atoms with Gasteiger partial charge in [-0.1, -0.05) is 54.1 Å². The third-order valence-corrected chi connectivity index (χ3v) is 6.42. The number of phenols is 1. The van der Waals surface area contributed by atoms with Crippen molar-refractivity contribution < 1.29 is 19.6 Å². The molecular formula is C22H20ClN3O5S2. The van der Waals surface area contributed by atoms with Crippen molar-refractivity contribution in [2.24, 2.45) is 0 Å². The van der Waals surface area contributed by atoms with Gasteiger partial charge in [-0.05, 0) is 42.7 Å². The molecule has 11 heteroatoms. The first-order chi connectivity index (χ1) is 15.7. The molecule has 0 aromatic heterocycles. The summed E-state index contributed by atoms with van der Waals surface area (Å²) in [6.07, 6.45) is 3.86. The second kappa shape index (κ2) is 11.3. The highest BCUT2D eigenvalue weighted by Gasteiger charge is 2.31. The highest BCUT2D eigenvalue weighted by atomic mass is 35.5. The summed E-state index contributed by atoms with van der Waals surface area (Å²) in [5.74, 6) is -0.740. The molecule has 8 nitrogen and oxygen atoms in total. The molecule has 2 aromatic carbocycles. The number of benzene rings is 2. The molecule has 0 atom stereocenters. The molecule has 3 rings (SSSR count). The number of aromatic hydroxyl groups is 1. The summed E-state index contributed by atoms with van der Waals surface area (Å²) in [5.41, 5.74) is 0.636. The summed E-state index contributed by atoms with van der Waals surface area (Å²) >= 11 is 12.5. The minimum absolute atomic E-state index is 0.000703. The normalized spacial score (nSPS) is 14.7. The van der Waals surface area contributed by atoms with E-state index in [1.54, 1.807) is 23.1 Å². The van der Waals surface area contributed by atoms with Gasteiger partial charge in [-0.15, -0.1) is 0 Å². The molecule has 0 saturated carbocycles. The van der Waals surface area contributed by atoms with Gasteiger partial charge in [0.2, 0.25) is 5.91 Å². The number of halogens is 1. The number of phenolic OH excluding ortho intramolecular Hbond substituents is 1. The highest BCUT2D eigenvalue weighted by Crippen LogP contribution is 2.33. The molecular weight excluding hydrogens is 486 g/mol. The van der Waals surface area contributed by atoms with E-state index in [1.165, 1.54) is 11.8 Å². The van der Waals surface area contributed by atoms with Gasteiger partial charge in [0.05, 0.1) is 15.5 Å². The van der Waals surface area contributed by atoms with Crippen LogP contribution in [0.4, 0.5) is 11.4 Å². The van der Waals surface area contributed by atoms with Crippen LogP contribution in [0.5, 0.6) is 5.75 Å². The fourth-order valence-electron chi connectivity index (χ4n) is 3.09. The minimum atomic E-state index is -0.604. The van der Waals surface area contributed by atoms with E-state index in [2.05, 4.69) is 5.32 Å². The number of non-ortho nitro benzene ring substituents is 1. The molecule has 1 aliphatic rings. The third kappa shape index (κ3) is 6.77. The van der Waals surface area contributed by atoms with Crippen molar-refractivity contribution in [3.05, 3.63) is 68.1 Å². The maximum atomic E-state index is 12.7. The van der Waals surface area contributed by atoms with Crippen LogP contribution in [-0.4, -0.2) is 37.6 Å². The predicted octanol–water partition coefficient (Wildman–Crippen LogP) is 5.35. The number of nitrogens with zero attached hydrogens (tertiary/aromatic N) is 2. The number of nitro benzene ring substituents is 1. The van der Waals surface area contributed by atoms with Gasteiger partial charge in [0.1, 0.15) is 10.1 Å². The summed E-state index contributed by atoms with van der Waals surface area (Å²) in [5, 5.41) is 23.7. The standard InChI is InChI=1S/C22H20ClN3O5S2/c23-15-7-5-14(6-8-15)12-19-21(29)25(22(32)33-19)11-3-1-2-4-20(28)24-17-13-16(26(30)31)9-10-18(17)27/h5-10,12-13,27H,1-4,11H2,(H,24,28)/b19-12-. The number of unbranched alkanes of at least 4 members (excludes halogenated alkanes) is 2. The van der Waals surface area contributed by atoms with Crippen LogP contribution in [0.2, 0.25) is 5.02 Å². The Hall–Kier alpha value is -2.95. The fraction of sp³-hybridized carbons (Fsp3) is 0.227. The Morgan fingerprint density at radius 2 is 1.94 bits per heavy atom. The molecule has 0 aliphatic carbocycles. The molecule has 0 spiro atoms. The zero-order valence-electron chi connectivity index (χ0n) is 17.3. The van der Waals surface area contributed by atoms with Gasteiger partial charge in [-0.3, -0.25) is 24.6 Å². The zero-order valence-corrected chi connectivity index (χ0v) is 19.7. The zero-order chi connectivity index (χ0) is 24.0. The number of thiocarbonyl (C=S) groups is 1. The smallest absolute Gasteiger partial charge is 0.271 e. The monoisotopic (exact) mass is 505 g/mol.